The molecule has 2 N–H and O–H groups in total. The van der Waals surface area contributed by atoms with Crippen molar-refractivity contribution < 1.29 is 18.4 Å². The van der Waals surface area contributed by atoms with E-state index in [-0.39, 0.29) is 21.7 Å². The van der Waals surface area contributed by atoms with Gasteiger partial charge in [-0.2, -0.15) is 0 Å². The van der Waals surface area contributed by atoms with Crippen LogP contribution in [0.4, 0.5) is 24.4 Å². The van der Waals surface area contributed by atoms with E-state index in [1.807, 2.05) is 0 Å². The summed E-state index contributed by atoms with van der Waals surface area (Å²) in [6, 6.07) is 1.90. The molecule has 1 aromatic carbocycles. The highest BCUT2D eigenvalue weighted by Crippen LogP contribution is 2.23. The van der Waals surface area contributed by atoms with E-state index in [0.717, 1.165) is 12.1 Å². The summed E-state index contributed by atoms with van der Waals surface area (Å²) < 4.78 is 26.8. The summed E-state index contributed by atoms with van der Waals surface area (Å²) in [6.07, 6.45) is -0.0544. The number of aromatic nitrogens is 1. The van der Waals surface area contributed by atoms with E-state index in [1.165, 1.54) is 16.2 Å². The first kappa shape index (κ1) is 17.0. The van der Waals surface area contributed by atoms with Crippen LogP contribution in [0.2, 0.25) is 0 Å². The molecule has 0 aliphatic carbocycles. The van der Waals surface area contributed by atoms with Crippen LogP contribution in [0.5, 0.6) is 0 Å². The molecule has 1 saturated heterocycles. The molecule has 0 unspecified atom stereocenters. The van der Waals surface area contributed by atoms with Crippen molar-refractivity contribution in [3.63, 3.8) is 0 Å². The molecule has 24 heavy (non-hydrogen) atoms. The Kier molecular flexibility index (Phi) is 4.94. The van der Waals surface area contributed by atoms with Crippen molar-refractivity contribution in [3.05, 3.63) is 38.4 Å². The van der Waals surface area contributed by atoms with Gasteiger partial charge in [-0.15, -0.1) is 11.3 Å². The SMILES string of the molecule is O=C(Cc1csc(N2CCNC2=O)n1)Nc1cc(F)c(I)c(F)c1. The summed E-state index contributed by atoms with van der Waals surface area (Å²) in [4.78, 5) is 29.3. The maximum atomic E-state index is 13.5. The molecule has 1 aliphatic heterocycles. The Morgan fingerprint density at radius 3 is 2.75 bits per heavy atom. The molecule has 0 bridgehead atoms. The van der Waals surface area contributed by atoms with Gasteiger partial charge in [0, 0.05) is 24.2 Å². The van der Waals surface area contributed by atoms with E-state index in [4.69, 9.17) is 0 Å². The molecule has 1 fully saturated rings. The molecule has 0 spiro atoms. The lowest BCUT2D eigenvalue weighted by atomic mass is 10.2. The van der Waals surface area contributed by atoms with Gasteiger partial charge in [-0.05, 0) is 34.7 Å². The van der Waals surface area contributed by atoms with Gasteiger partial charge in [-0.3, -0.25) is 9.69 Å². The predicted molar refractivity (Wildman–Crippen MR) is 94.3 cm³/mol. The third-order valence-electron chi connectivity index (χ3n) is 3.24. The second kappa shape index (κ2) is 6.97. The normalized spacial score (nSPS) is 14.0. The average molecular weight is 464 g/mol. The van der Waals surface area contributed by atoms with Gasteiger partial charge in [0.25, 0.3) is 0 Å². The smallest absolute Gasteiger partial charge is 0.323 e. The lowest BCUT2D eigenvalue weighted by Gasteiger charge is -2.08. The number of urea groups is 1. The van der Waals surface area contributed by atoms with Gasteiger partial charge in [-0.25, -0.2) is 18.6 Å². The van der Waals surface area contributed by atoms with Gasteiger partial charge in [0.2, 0.25) is 5.91 Å². The molecule has 0 atom stereocenters. The topological polar surface area (TPSA) is 74.3 Å². The summed E-state index contributed by atoms with van der Waals surface area (Å²) in [6.45, 7) is 1.08. The predicted octanol–water partition coefficient (Wildman–Crippen LogP) is 2.74. The molecule has 126 valence electrons. The minimum atomic E-state index is -0.734. The molecule has 0 saturated carbocycles. The third-order valence-corrected chi connectivity index (χ3v) is 5.18. The number of benzene rings is 1. The molecule has 2 aromatic rings. The monoisotopic (exact) mass is 464 g/mol. The summed E-state index contributed by atoms with van der Waals surface area (Å²) in [5, 5.41) is 7.29. The molecule has 0 radical (unpaired) electrons. The van der Waals surface area contributed by atoms with Gasteiger partial charge in [-0.1, -0.05) is 0 Å². The lowest BCUT2D eigenvalue weighted by Crippen LogP contribution is -2.27. The summed E-state index contributed by atoms with van der Waals surface area (Å²) in [5.74, 6) is -1.92. The number of nitrogens with zero attached hydrogens (tertiary/aromatic N) is 2. The van der Waals surface area contributed by atoms with Crippen molar-refractivity contribution in [2.75, 3.05) is 23.3 Å². The highest BCUT2D eigenvalue weighted by Gasteiger charge is 2.24. The van der Waals surface area contributed by atoms with Crippen LogP contribution in [0.1, 0.15) is 5.69 Å². The van der Waals surface area contributed by atoms with E-state index < -0.39 is 17.5 Å². The van der Waals surface area contributed by atoms with Crippen molar-refractivity contribution in [3.8, 4) is 0 Å². The van der Waals surface area contributed by atoms with Gasteiger partial charge < -0.3 is 10.6 Å². The van der Waals surface area contributed by atoms with Crippen LogP contribution in [0, 0.1) is 15.2 Å². The van der Waals surface area contributed by atoms with Gasteiger partial charge in [0.05, 0.1) is 15.7 Å². The first-order chi connectivity index (χ1) is 11.4. The Morgan fingerprint density at radius 1 is 1.42 bits per heavy atom. The second-order valence-electron chi connectivity index (χ2n) is 4.98. The highest BCUT2D eigenvalue weighted by atomic mass is 127. The molecule has 10 heteroatoms. The van der Waals surface area contributed by atoms with E-state index in [0.29, 0.717) is 23.9 Å². The van der Waals surface area contributed by atoms with Crippen LogP contribution in [-0.2, 0) is 11.2 Å². The van der Waals surface area contributed by atoms with Crippen molar-refractivity contribution >= 4 is 56.7 Å². The number of anilines is 2. The van der Waals surface area contributed by atoms with Crippen LogP contribution < -0.4 is 15.5 Å². The Bertz CT molecular complexity index is 791. The number of carbonyl (C=O) groups excluding carboxylic acids is 2. The first-order valence-corrected chi connectivity index (χ1v) is 8.84. The van der Waals surface area contributed by atoms with Crippen LogP contribution in [0.3, 0.4) is 0 Å². The fraction of sp³-hybridized carbons (Fsp3) is 0.214. The number of thiazole rings is 1. The summed E-state index contributed by atoms with van der Waals surface area (Å²) in [5.41, 5.74) is 0.531. The van der Waals surface area contributed by atoms with Crippen molar-refractivity contribution in [1.82, 2.24) is 10.3 Å². The van der Waals surface area contributed by atoms with E-state index >= 15 is 0 Å². The van der Waals surface area contributed by atoms with Crippen molar-refractivity contribution in [2.24, 2.45) is 0 Å². The zero-order chi connectivity index (χ0) is 17.3. The Hall–Kier alpha value is -1.82. The Labute approximate surface area is 153 Å². The molecule has 6 nitrogen and oxygen atoms in total. The largest absolute Gasteiger partial charge is 0.336 e. The number of rotatable bonds is 4. The van der Waals surface area contributed by atoms with Crippen LogP contribution in [0.15, 0.2) is 17.5 Å². The van der Waals surface area contributed by atoms with Gasteiger partial charge in [0.1, 0.15) is 11.6 Å². The summed E-state index contributed by atoms with van der Waals surface area (Å²) >= 11 is 2.81. The minimum Gasteiger partial charge on any atom is -0.336 e. The maximum Gasteiger partial charge on any atom is 0.323 e. The molecular weight excluding hydrogens is 453 g/mol. The van der Waals surface area contributed by atoms with Gasteiger partial charge >= 0.3 is 6.03 Å². The van der Waals surface area contributed by atoms with Crippen LogP contribution in [-0.4, -0.2) is 30.0 Å². The maximum absolute atomic E-state index is 13.5. The quantitative estimate of drug-likeness (QED) is 0.540. The lowest BCUT2D eigenvalue weighted by molar-refractivity contribution is -0.115. The molecule has 2 heterocycles. The number of carbonyl (C=O) groups is 2. The average Bonchev–Trinajstić information content (AvgIpc) is 3.13. The van der Waals surface area contributed by atoms with Crippen LogP contribution in [0.25, 0.3) is 0 Å². The van der Waals surface area contributed by atoms with Crippen LogP contribution >= 0.6 is 33.9 Å². The third kappa shape index (κ3) is 3.64. The molecule has 3 amide bonds. The molecule has 1 aliphatic rings. The number of hydrogen-bond acceptors (Lipinski definition) is 4. The number of hydrogen-bond donors (Lipinski definition) is 2. The summed E-state index contributed by atoms with van der Waals surface area (Å²) in [7, 11) is 0. The molecular formula is C14H11F2IN4O2S. The Balaban J connectivity index is 1.65. The van der Waals surface area contributed by atoms with E-state index in [2.05, 4.69) is 15.6 Å². The zero-order valence-electron chi connectivity index (χ0n) is 12.1. The fourth-order valence-electron chi connectivity index (χ4n) is 2.15. The fourth-order valence-corrected chi connectivity index (χ4v) is 3.31. The van der Waals surface area contributed by atoms with E-state index in [9.17, 15) is 18.4 Å². The standard InChI is InChI=1S/C14H11F2IN4O2S/c15-9-3-7(4-10(16)12(9)17)19-11(22)5-8-6-24-14(20-8)21-2-1-18-13(21)23/h3-4,6H,1-2,5H2,(H,18,23)(H,19,22). The zero-order valence-corrected chi connectivity index (χ0v) is 15.1. The van der Waals surface area contributed by atoms with Gasteiger partial charge in [0.15, 0.2) is 5.13 Å². The number of nitrogens with one attached hydrogen (secondary N) is 2. The highest BCUT2D eigenvalue weighted by molar-refractivity contribution is 14.1. The second-order valence-corrected chi connectivity index (χ2v) is 6.90. The first-order valence-electron chi connectivity index (χ1n) is 6.88. The van der Waals surface area contributed by atoms with E-state index in [1.54, 1.807) is 28.0 Å². The van der Waals surface area contributed by atoms with Crippen molar-refractivity contribution in [2.45, 2.75) is 6.42 Å². The molecule has 3 rings (SSSR count). The van der Waals surface area contributed by atoms with Crippen molar-refractivity contribution in [1.29, 1.82) is 0 Å². The number of halogens is 3. The minimum absolute atomic E-state index is 0.0461. The Morgan fingerprint density at radius 2 is 2.12 bits per heavy atom. The number of amides is 3. The molecule has 1 aromatic heterocycles.